The van der Waals surface area contributed by atoms with Crippen LogP contribution in [0.2, 0.25) is 0 Å². The number of esters is 1. The van der Waals surface area contributed by atoms with E-state index in [1.165, 1.54) is 19.1 Å². The molecule has 5 aliphatic carbocycles. The number of ether oxygens (including phenoxy) is 1. The van der Waals surface area contributed by atoms with E-state index in [4.69, 9.17) is 4.74 Å². The highest BCUT2D eigenvalue weighted by Gasteiger charge is 2.66. The predicted molar refractivity (Wildman–Crippen MR) is 93.2 cm³/mol. The van der Waals surface area contributed by atoms with E-state index < -0.39 is 0 Å². The van der Waals surface area contributed by atoms with E-state index in [0.29, 0.717) is 11.8 Å². The molecule has 0 aromatic rings. The van der Waals surface area contributed by atoms with Crippen molar-refractivity contribution in [3.05, 3.63) is 12.2 Å². The van der Waals surface area contributed by atoms with Crippen molar-refractivity contribution in [3.63, 3.8) is 0 Å². The van der Waals surface area contributed by atoms with Crippen molar-refractivity contribution in [2.24, 2.45) is 34.0 Å². The van der Waals surface area contributed by atoms with Crippen molar-refractivity contribution in [2.75, 3.05) is 7.11 Å². The van der Waals surface area contributed by atoms with Crippen LogP contribution in [0.4, 0.5) is 0 Å². The Morgan fingerprint density at radius 1 is 1.25 bits per heavy atom. The van der Waals surface area contributed by atoms with Gasteiger partial charge in [-0.25, -0.2) is 0 Å². The lowest BCUT2D eigenvalue weighted by molar-refractivity contribution is -0.204. The van der Waals surface area contributed by atoms with E-state index in [-0.39, 0.29) is 34.2 Å². The molecular weight excluding hydrogens is 300 g/mol. The fraction of sp³-hybridized carbons (Fsp3) is 0.857. The number of aliphatic hydroxyl groups excluding tert-OH is 1. The minimum Gasteiger partial charge on any atom is -0.469 e. The molecule has 0 amide bonds. The Morgan fingerprint density at radius 3 is 2.67 bits per heavy atom. The van der Waals surface area contributed by atoms with Gasteiger partial charge in [-0.15, -0.1) is 0 Å². The molecule has 24 heavy (non-hydrogen) atoms. The van der Waals surface area contributed by atoms with E-state index in [9.17, 15) is 9.90 Å². The number of fused-ring (bicyclic) bond motifs is 3. The van der Waals surface area contributed by atoms with Crippen LogP contribution in [0.5, 0.6) is 0 Å². The molecule has 1 N–H and O–H groups in total. The Balaban J connectivity index is 1.74. The third kappa shape index (κ3) is 1.91. The summed E-state index contributed by atoms with van der Waals surface area (Å²) in [4.78, 5) is 12.6. The van der Waals surface area contributed by atoms with Crippen LogP contribution >= 0.6 is 0 Å². The first kappa shape index (κ1) is 16.6. The van der Waals surface area contributed by atoms with Crippen molar-refractivity contribution in [1.29, 1.82) is 0 Å². The molecule has 1 spiro atoms. The van der Waals surface area contributed by atoms with Gasteiger partial charge in [-0.05, 0) is 74.5 Å². The molecule has 5 aliphatic rings. The van der Waals surface area contributed by atoms with Crippen LogP contribution in [0, 0.1) is 34.0 Å². The number of carbonyl (C=O) groups excluding carboxylic acids is 1. The van der Waals surface area contributed by atoms with Crippen LogP contribution in [0.3, 0.4) is 0 Å². The zero-order chi connectivity index (χ0) is 17.3. The van der Waals surface area contributed by atoms with Gasteiger partial charge < -0.3 is 9.84 Å². The largest absolute Gasteiger partial charge is 0.469 e. The van der Waals surface area contributed by atoms with Crippen molar-refractivity contribution in [1.82, 2.24) is 0 Å². The molecule has 0 heterocycles. The zero-order valence-corrected chi connectivity index (χ0v) is 15.4. The highest BCUT2D eigenvalue weighted by Crippen LogP contribution is 2.72. The maximum Gasteiger partial charge on any atom is 0.311 e. The van der Waals surface area contributed by atoms with E-state index in [2.05, 4.69) is 20.4 Å². The third-order valence-corrected chi connectivity index (χ3v) is 8.77. The molecule has 1 unspecified atom stereocenters. The zero-order valence-electron chi connectivity index (χ0n) is 15.4. The highest BCUT2D eigenvalue weighted by atomic mass is 16.5. The molecular formula is C21H32O3. The van der Waals surface area contributed by atoms with Crippen LogP contribution in [0.15, 0.2) is 12.2 Å². The average Bonchev–Trinajstić information content (AvgIpc) is 2.52. The molecule has 5 rings (SSSR count). The maximum atomic E-state index is 12.6. The smallest absolute Gasteiger partial charge is 0.311 e. The first-order valence-electron chi connectivity index (χ1n) is 9.71. The van der Waals surface area contributed by atoms with E-state index in [1.54, 1.807) is 0 Å². The first-order chi connectivity index (χ1) is 11.3. The summed E-state index contributed by atoms with van der Waals surface area (Å²) in [6.07, 6.45) is 8.41. The minimum absolute atomic E-state index is 0.0141. The minimum atomic E-state index is -0.338. The number of methoxy groups -OCH3 is 1. The van der Waals surface area contributed by atoms with Gasteiger partial charge in [0.25, 0.3) is 0 Å². The summed E-state index contributed by atoms with van der Waals surface area (Å²) in [6, 6.07) is 0. The van der Waals surface area contributed by atoms with Gasteiger partial charge in [0, 0.05) is 5.92 Å². The van der Waals surface area contributed by atoms with E-state index >= 15 is 0 Å². The van der Waals surface area contributed by atoms with Gasteiger partial charge in [-0.3, -0.25) is 4.79 Å². The Labute approximate surface area is 145 Å². The van der Waals surface area contributed by atoms with Crippen LogP contribution in [-0.2, 0) is 9.53 Å². The summed E-state index contributed by atoms with van der Waals surface area (Å²) in [5.41, 5.74) is 1.36. The second kappa shape index (κ2) is 5.09. The van der Waals surface area contributed by atoms with Crippen LogP contribution < -0.4 is 0 Å². The fourth-order valence-electron chi connectivity index (χ4n) is 7.80. The van der Waals surface area contributed by atoms with Gasteiger partial charge in [0.1, 0.15) is 0 Å². The van der Waals surface area contributed by atoms with Crippen LogP contribution in [0.25, 0.3) is 0 Å². The van der Waals surface area contributed by atoms with Gasteiger partial charge in [0.05, 0.1) is 18.6 Å². The summed E-state index contributed by atoms with van der Waals surface area (Å²) >= 11 is 0. The van der Waals surface area contributed by atoms with Crippen molar-refractivity contribution >= 4 is 5.97 Å². The lowest BCUT2D eigenvalue weighted by atomic mass is 9.36. The Bertz CT molecular complexity index is 584. The fourth-order valence-corrected chi connectivity index (χ4v) is 7.80. The molecule has 3 heteroatoms. The summed E-state index contributed by atoms with van der Waals surface area (Å²) in [7, 11) is 1.53. The number of hydrogen-bond donors (Lipinski definition) is 1. The maximum absolute atomic E-state index is 12.6. The quantitative estimate of drug-likeness (QED) is 0.581. The second-order valence-electron chi connectivity index (χ2n) is 9.72. The molecule has 5 saturated carbocycles. The molecule has 0 radical (unpaired) electrons. The van der Waals surface area contributed by atoms with Gasteiger partial charge in [-0.1, -0.05) is 25.5 Å². The molecule has 0 saturated heterocycles. The van der Waals surface area contributed by atoms with Crippen molar-refractivity contribution in [3.8, 4) is 0 Å². The van der Waals surface area contributed by atoms with Gasteiger partial charge in [0.2, 0.25) is 0 Å². The second-order valence-corrected chi connectivity index (χ2v) is 9.72. The molecule has 0 aromatic heterocycles. The van der Waals surface area contributed by atoms with Crippen LogP contribution in [-0.4, -0.2) is 24.3 Å². The highest BCUT2D eigenvalue weighted by molar-refractivity contribution is 5.77. The number of carbonyl (C=O) groups is 1. The summed E-state index contributed by atoms with van der Waals surface area (Å²) in [6.45, 7) is 8.89. The Hall–Kier alpha value is -0.830. The first-order valence-corrected chi connectivity index (χ1v) is 9.71. The third-order valence-electron chi connectivity index (χ3n) is 8.77. The summed E-state index contributed by atoms with van der Waals surface area (Å²) in [5.74, 6) is 1.29. The molecule has 7 atom stereocenters. The topological polar surface area (TPSA) is 46.5 Å². The van der Waals surface area contributed by atoms with E-state index in [1.807, 2.05) is 0 Å². The molecule has 5 fully saturated rings. The average molecular weight is 332 g/mol. The summed E-state index contributed by atoms with van der Waals surface area (Å²) < 4.78 is 5.22. The number of aliphatic hydroxyl groups is 1. The van der Waals surface area contributed by atoms with Crippen molar-refractivity contribution in [2.45, 2.75) is 71.3 Å². The lowest BCUT2D eigenvalue weighted by Crippen LogP contribution is -2.63. The van der Waals surface area contributed by atoms with Crippen molar-refractivity contribution < 1.29 is 14.6 Å². The SMILES string of the molecule is C=C1C[C@]23CC[C@@H]4[C@](C)(CCC[C@@]4(C)C(=O)OC)[C@H]2C[C@H]1C(O)C3. The van der Waals surface area contributed by atoms with Gasteiger partial charge >= 0.3 is 5.97 Å². The molecule has 0 aromatic carbocycles. The monoisotopic (exact) mass is 332 g/mol. The molecule has 134 valence electrons. The summed E-state index contributed by atoms with van der Waals surface area (Å²) in [5, 5.41) is 10.6. The predicted octanol–water partition coefficient (Wildman–Crippen LogP) is 4.10. The molecule has 0 aliphatic heterocycles. The van der Waals surface area contributed by atoms with Gasteiger partial charge in [0.15, 0.2) is 0 Å². The van der Waals surface area contributed by atoms with Crippen LogP contribution in [0.1, 0.15) is 65.2 Å². The number of hydrogen-bond acceptors (Lipinski definition) is 3. The normalized spacial score (nSPS) is 53.2. The standard InChI is InChI=1S/C21H32O3/c1-13-11-21-9-6-16-19(2,17(21)10-14(13)15(22)12-21)7-5-8-20(16,3)18(23)24-4/h14-17,22H,1,5-12H2,2-4H3/t14-,15?,16-,17-,19+,20-,21+/m1/s1. The van der Waals surface area contributed by atoms with E-state index in [0.717, 1.165) is 44.9 Å². The lowest BCUT2D eigenvalue weighted by Gasteiger charge is -2.68. The van der Waals surface area contributed by atoms with Gasteiger partial charge in [-0.2, -0.15) is 0 Å². The Kier molecular flexibility index (Phi) is 3.53. The Morgan fingerprint density at radius 2 is 2.00 bits per heavy atom. The molecule has 2 bridgehead atoms. The number of rotatable bonds is 1. The molecule has 3 nitrogen and oxygen atoms in total.